The van der Waals surface area contributed by atoms with Crippen molar-refractivity contribution in [3.05, 3.63) is 0 Å². The lowest BCUT2D eigenvalue weighted by atomic mass is 10.2. The summed E-state index contributed by atoms with van der Waals surface area (Å²) >= 11 is 0. The standard InChI is InChI=1S/C10H24N.ClH/c1-5-9-11(7-3,8-4)10-6-2;/h5-10H2,1-4H3;1H/q+1;/p-1. The van der Waals surface area contributed by atoms with Crippen molar-refractivity contribution < 1.29 is 16.9 Å². The molecule has 0 atom stereocenters. The molecule has 0 saturated carbocycles. The highest BCUT2D eigenvalue weighted by Crippen LogP contribution is 2.08. The molecule has 0 N–H and O–H groups in total. The molecule has 0 aromatic carbocycles. The molecule has 0 aliphatic rings. The van der Waals surface area contributed by atoms with Gasteiger partial charge < -0.3 is 16.9 Å². The Bertz CT molecular complexity index is 81.8. The van der Waals surface area contributed by atoms with Crippen LogP contribution in [0, 0.1) is 0 Å². The average molecular weight is 194 g/mol. The van der Waals surface area contributed by atoms with E-state index in [1.807, 2.05) is 0 Å². The Hall–Kier alpha value is 0.250. The van der Waals surface area contributed by atoms with Crippen molar-refractivity contribution >= 4 is 0 Å². The van der Waals surface area contributed by atoms with Crippen molar-refractivity contribution in [3.8, 4) is 0 Å². The Morgan fingerprint density at radius 2 is 1.08 bits per heavy atom. The van der Waals surface area contributed by atoms with Gasteiger partial charge in [0.15, 0.2) is 0 Å². The number of hydrogen-bond donors (Lipinski definition) is 0. The predicted octanol–water partition coefficient (Wildman–Crippen LogP) is -0.333. The monoisotopic (exact) mass is 193 g/mol. The Balaban J connectivity index is 0. The number of rotatable bonds is 6. The van der Waals surface area contributed by atoms with Crippen LogP contribution in [-0.2, 0) is 0 Å². The van der Waals surface area contributed by atoms with E-state index in [1.165, 1.54) is 43.5 Å². The summed E-state index contributed by atoms with van der Waals surface area (Å²) in [5, 5.41) is 0. The largest absolute Gasteiger partial charge is 1.00 e. The number of nitrogens with zero attached hydrogens (tertiary/aromatic N) is 1. The first kappa shape index (κ1) is 14.8. The normalized spacial score (nSPS) is 11.0. The van der Waals surface area contributed by atoms with Crippen LogP contribution < -0.4 is 12.4 Å². The Morgan fingerprint density at radius 3 is 1.25 bits per heavy atom. The maximum atomic E-state index is 2.31. The average Bonchev–Trinajstić information content (AvgIpc) is 2.04. The molecular formula is C10H24ClN. The topological polar surface area (TPSA) is 0 Å². The molecule has 0 fully saturated rings. The van der Waals surface area contributed by atoms with Crippen molar-refractivity contribution in [1.29, 1.82) is 0 Å². The van der Waals surface area contributed by atoms with E-state index >= 15 is 0 Å². The van der Waals surface area contributed by atoms with Crippen molar-refractivity contribution in [2.75, 3.05) is 26.2 Å². The van der Waals surface area contributed by atoms with Gasteiger partial charge in [-0.3, -0.25) is 0 Å². The molecule has 0 amide bonds. The van der Waals surface area contributed by atoms with Crippen LogP contribution in [0.15, 0.2) is 0 Å². The van der Waals surface area contributed by atoms with E-state index in [2.05, 4.69) is 27.7 Å². The van der Waals surface area contributed by atoms with Crippen molar-refractivity contribution in [3.63, 3.8) is 0 Å². The molecule has 0 aliphatic carbocycles. The van der Waals surface area contributed by atoms with Gasteiger partial charge >= 0.3 is 0 Å². The molecule has 1 nitrogen and oxygen atoms in total. The van der Waals surface area contributed by atoms with Gasteiger partial charge in [0, 0.05) is 0 Å². The smallest absolute Gasteiger partial charge is 0.0783 e. The molecule has 2 heteroatoms. The zero-order valence-electron chi connectivity index (χ0n) is 9.07. The van der Waals surface area contributed by atoms with Crippen LogP contribution in [0.3, 0.4) is 0 Å². The third-order valence-electron chi connectivity index (χ3n) is 2.74. The fourth-order valence-corrected chi connectivity index (χ4v) is 1.92. The molecule has 0 heterocycles. The fourth-order valence-electron chi connectivity index (χ4n) is 1.92. The second-order valence-electron chi connectivity index (χ2n) is 3.42. The van der Waals surface area contributed by atoms with Gasteiger partial charge in [-0.15, -0.1) is 0 Å². The maximum absolute atomic E-state index is 2.31. The summed E-state index contributed by atoms with van der Waals surface area (Å²) < 4.78 is 1.33. The Labute approximate surface area is 84.1 Å². The highest BCUT2D eigenvalue weighted by molar-refractivity contribution is 4.38. The first-order valence-electron chi connectivity index (χ1n) is 5.09. The van der Waals surface area contributed by atoms with E-state index in [0.29, 0.717) is 0 Å². The molecule has 0 aliphatic heterocycles. The highest BCUT2D eigenvalue weighted by Gasteiger charge is 2.19. The SMILES string of the molecule is CCC[N+](CC)(CC)CCC.[Cl-]. The van der Waals surface area contributed by atoms with E-state index < -0.39 is 0 Å². The molecule has 0 saturated heterocycles. The molecule has 0 spiro atoms. The zero-order valence-corrected chi connectivity index (χ0v) is 9.82. The van der Waals surface area contributed by atoms with Gasteiger partial charge in [0.2, 0.25) is 0 Å². The van der Waals surface area contributed by atoms with Crippen molar-refractivity contribution in [2.45, 2.75) is 40.5 Å². The minimum Gasteiger partial charge on any atom is -1.00 e. The van der Waals surface area contributed by atoms with Gasteiger partial charge in [-0.25, -0.2) is 0 Å². The molecular weight excluding hydrogens is 170 g/mol. The summed E-state index contributed by atoms with van der Waals surface area (Å²) in [5.74, 6) is 0. The summed E-state index contributed by atoms with van der Waals surface area (Å²) in [6.45, 7) is 14.5. The van der Waals surface area contributed by atoms with Crippen LogP contribution in [0.1, 0.15) is 40.5 Å². The predicted molar refractivity (Wildman–Crippen MR) is 51.7 cm³/mol. The van der Waals surface area contributed by atoms with E-state index in [1.54, 1.807) is 0 Å². The first-order chi connectivity index (χ1) is 5.24. The van der Waals surface area contributed by atoms with Gasteiger partial charge in [0.05, 0.1) is 26.2 Å². The molecule has 0 aromatic heterocycles. The third kappa shape index (κ3) is 4.32. The van der Waals surface area contributed by atoms with Crippen LogP contribution in [0.5, 0.6) is 0 Å². The molecule has 0 radical (unpaired) electrons. The summed E-state index contributed by atoms with van der Waals surface area (Å²) in [7, 11) is 0. The maximum Gasteiger partial charge on any atom is 0.0783 e. The third-order valence-corrected chi connectivity index (χ3v) is 2.74. The number of halogens is 1. The molecule has 76 valence electrons. The lowest BCUT2D eigenvalue weighted by Gasteiger charge is -2.36. The second-order valence-corrected chi connectivity index (χ2v) is 3.42. The van der Waals surface area contributed by atoms with Gasteiger partial charge in [-0.1, -0.05) is 13.8 Å². The van der Waals surface area contributed by atoms with Crippen LogP contribution in [0.2, 0.25) is 0 Å². The quantitative estimate of drug-likeness (QED) is 0.507. The van der Waals surface area contributed by atoms with Gasteiger partial charge in [-0.2, -0.15) is 0 Å². The molecule has 0 bridgehead atoms. The minimum absolute atomic E-state index is 0. The second kappa shape index (κ2) is 7.88. The van der Waals surface area contributed by atoms with E-state index in [9.17, 15) is 0 Å². The van der Waals surface area contributed by atoms with Crippen molar-refractivity contribution in [2.24, 2.45) is 0 Å². The van der Waals surface area contributed by atoms with Crippen molar-refractivity contribution in [1.82, 2.24) is 0 Å². The molecule has 0 rings (SSSR count). The van der Waals surface area contributed by atoms with Gasteiger partial charge in [0.1, 0.15) is 0 Å². The van der Waals surface area contributed by atoms with Crippen LogP contribution in [-0.4, -0.2) is 30.7 Å². The number of quaternary nitrogens is 1. The summed E-state index contributed by atoms with van der Waals surface area (Å²) in [6.07, 6.45) is 2.64. The van der Waals surface area contributed by atoms with E-state index in [-0.39, 0.29) is 12.4 Å². The van der Waals surface area contributed by atoms with E-state index in [0.717, 1.165) is 0 Å². The van der Waals surface area contributed by atoms with Crippen LogP contribution in [0.4, 0.5) is 0 Å². The molecule has 0 aromatic rings. The molecule has 12 heavy (non-hydrogen) atoms. The first-order valence-corrected chi connectivity index (χ1v) is 5.09. The fraction of sp³-hybridized carbons (Fsp3) is 1.00. The summed E-state index contributed by atoms with van der Waals surface area (Å²) in [6, 6.07) is 0. The lowest BCUT2D eigenvalue weighted by Crippen LogP contribution is -3.00. The Kier molecular flexibility index (Phi) is 9.69. The summed E-state index contributed by atoms with van der Waals surface area (Å²) in [5.41, 5.74) is 0. The minimum atomic E-state index is 0. The molecule has 0 unspecified atom stereocenters. The zero-order chi connectivity index (χ0) is 8.74. The van der Waals surface area contributed by atoms with Crippen LogP contribution in [0.25, 0.3) is 0 Å². The summed E-state index contributed by atoms with van der Waals surface area (Å²) in [4.78, 5) is 0. The van der Waals surface area contributed by atoms with Gasteiger partial charge in [-0.05, 0) is 26.7 Å². The Morgan fingerprint density at radius 1 is 0.750 bits per heavy atom. The van der Waals surface area contributed by atoms with Crippen LogP contribution >= 0.6 is 0 Å². The van der Waals surface area contributed by atoms with Gasteiger partial charge in [0.25, 0.3) is 0 Å². The highest BCUT2D eigenvalue weighted by atomic mass is 35.5. The lowest BCUT2D eigenvalue weighted by molar-refractivity contribution is -0.925. The van der Waals surface area contributed by atoms with E-state index in [4.69, 9.17) is 0 Å². The number of hydrogen-bond acceptors (Lipinski definition) is 0.